The molecule has 0 unspecified atom stereocenters. The fourth-order valence-electron chi connectivity index (χ4n) is 4.61. The number of amides is 4. The lowest BCUT2D eigenvalue weighted by Gasteiger charge is -2.13. The number of ether oxygens (including phenoxy) is 3. The largest absolute Gasteiger partial charge is 0.493 e. The summed E-state index contributed by atoms with van der Waals surface area (Å²) in [6.45, 7) is 0.569. The van der Waals surface area contributed by atoms with Crippen LogP contribution in [0.3, 0.4) is 0 Å². The average Bonchev–Trinajstić information content (AvgIpc) is 3.11. The highest BCUT2D eigenvalue weighted by molar-refractivity contribution is 6.06. The van der Waals surface area contributed by atoms with E-state index in [-0.39, 0.29) is 37.7 Å². The first-order chi connectivity index (χ1) is 23.4. The van der Waals surface area contributed by atoms with Crippen LogP contribution in [0, 0.1) is 0 Å². The summed E-state index contributed by atoms with van der Waals surface area (Å²) in [5, 5.41) is 10.9. The van der Waals surface area contributed by atoms with Crippen molar-refractivity contribution in [3.8, 4) is 17.2 Å². The molecule has 0 spiro atoms. The van der Waals surface area contributed by atoms with Crippen molar-refractivity contribution in [2.75, 3.05) is 33.4 Å². The standard InChI is InChI=1S/C37H34N4O7/c1-46-32-17-14-26-23-31(41-35(43)28-10-6-3-7-11-28)37(45)39-19-21-47-20-18-38-36(44)30(40-34(42)27-8-4-2-5-9-27)22-25-12-15-29(16-13-25)48-33(32)24-26/h2-17,22-24H,18-21H2,1H3,(H,38,44)(H,39,45)(H,40,42)(H,41,43)/b30-22+,31-23-. The summed E-state index contributed by atoms with van der Waals surface area (Å²) in [7, 11) is 1.51. The highest BCUT2D eigenvalue weighted by atomic mass is 16.5. The number of fused-ring (bicyclic) bond motifs is 12. The van der Waals surface area contributed by atoms with Gasteiger partial charge in [-0.2, -0.15) is 0 Å². The van der Waals surface area contributed by atoms with E-state index in [1.54, 1.807) is 115 Å². The van der Waals surface area contributed by atoms with Crippen LogP contribution in [-0.4, -0.2) is 57.0 Å². The molecule has 4 amide bonds. The normalized spacial score (nSPS) is 16.3. The van der Waals surface area contributed by atoms with Crippen molar-refractivity contribution in [1.82, 2.24) is 21.3 Å². The van der Waals surface area contributed by atoms with E-state index in [1.807, 2.05) is 0 Å². The maximum atomic E-state index is 13.3. The summed E-state index contributed by atoms with van der Waals surface area (Å²) >= 11 is 0. The number of hydrogen-bond acceptors (Lipinski definition) is 7. The highest BCUT2D eigenvalue weighted by Gasteiger charge is 2.17. The molecule has 4 bridgehead atoms. The minimum atomic E-state index is -0.528. The van der Waals surface area contributed by atoms with E-state index in [9.17, 15) is 19.2 Å². The van der Waals surface area contributed by atoms with E-state index in [2.05, 4.69) is 21.3 Å². The third kappa shape index (κ3) is 9.18. The Morgan fingerprint density at radius 3 is 1.69 bits per heavy atom. The van der Waals surface area contributed by atoms with Gasteiger partial charge in [0.25, 0.3) is 23.6 Å². The SMILES string of the molecule is COc1ccc2cc1Oc1ccc(cc1)/C=C(/NC(=O)c1ccccc1)C(=O)NCCOCCNC(=O)/C(NC(=O)c1ccccc1)=C/2. The van der Waals surface area contributed by atoms with E-state index in [0.29, 0.717) is 39.5 Å². The molecule has 4 aromatic carbocycles. The zero-order valence-corrected chi connectivity index (χ0v) is 26.2. The molecular formula is C37H34N4O7. The predicted octanol–water partition coefficient (Wildman–Crippen LogP) is 4.29. The maximum Gasteiger partial charge on any atom is 0.267 e. The summed E-state index contributed by atoms with van der Waals surface area (Å²) in [5.74, 6) is -0.661. The van der Waals surface area contributed by atoms with Gasteiger partial charge in [0.15, 0.2) is 11.5 Å². The molecule has 0 radical (unpaired) electrons. The molecule has 0 saturated heterocycles. The van der Waals surface area contributed by atoms with Crippen molar-refractivity contribution in [2.45, 2.75) is 0 Å². The molecule has 244 valence electrons. The minimum Gasteiger partial charge on any atom is -0.493 e. The molecule has 0 atom stereocenters. The zero-order chi connectivity index (χ0) is 33.7. The van der Waals surface area contributed by atoms with E-state index in [0.717, 1.165) is 0 Å². The van der Waals surface area contributed by atoms with Gasteiger partial charge < -0.3 is 35.5 Å². The van der Waals surface area contributed by atoms with Crippen molar-refractivity contribution in [1.29, 1.82) is 0 Å². The number of nitrogens with one attached hydrogen (secondary N) is 4. The second kappa shape index (κ2) is 16.4. The van der Waals surface area contributed by atoms with Crippen molar-refractivity contribution >= 4 is 35.8 Å². The van der Waals surface area contributed by atoms with Crippen molar-refractivity contribution in [2.24, 2.45) is 0 Å². The predicted molar refractivity (Wildman–Crippen MR) is 180 cm³/mol. The Bertz CT molecular complexity index is 1820. The molecule has 0 fully saturated rings. The molecule has 6 rings (SSSR count). The van der Waals surface area contributed by atoms with Crippen LogP contribution in [0.5, 0.6) is 17.2 Å². The summed E-state index contributed by atoms with van der Waals surface area (Å²) in [4.78, 5) is 52.3. The van der Waals surface area contributed by atoms with Gasteiger partial charge in [0.2, 0.25) is 0 Å². The number of methoxy groups -OCH3 is 1. The first-order valence-corrected chi connectivity index (χ1v) is 15.2. The number of hydrogen-bond donors (Lipinski definition) is 4. The molecule has 2 heterocycles. The van der Waals surface area contributed by atoms with Gasteiger partial charge in [0.05, 0.1) is 20.3 Å². The summed E-state index contributed by atoms with van der Waals surface area (Å²) < 4.78 is 17.3. The van der Waals surface area contributed by atoms with Crippen LogP contribution in [0.2, 0.25) is 0 Å². The van der Waals surface area contributed by atoms with Crippen molar-refractivity contribution in [3.63, 3.8) is 0 Å². The fraction of sp³-hybridized carbons (Fsp3) is 0.135. The van der Waals surface area contributed by atoms with Crippen LogP contribution in [0.1, 0.15) is 31.8 Å². The summed E-state index contributed by atoms with van der Waals surface area (Å²) in [6, 6.07) is 29.1. The third-order valence-electron chi connectivity index (χ3n) is 7.04. The van der Waals surface area contributed by atoms with Gasteiger partial charge in [-0.05, 0) is 71.8 Å². The Labute approximate surface area is 277 Å². The second-order valence-electron chi connectivity index (χ2n) is 10.5. The van der Waals surface area contributed by atoms with Crippen LogP contribution >= 0.6 is 0 Å². The smallest absolute Gasteiger partial charge is 0.267 e. The van der Waals surface area contributed by atoms with Gasteiger partial charge in [-0.15, -0.1) is 0 Å². The third-order valence-corrected chi connectivity index (χ3v) is 7.04. The molecule has 0 saturated carbocycles. The van der Waals surface area contributed by atoms with Crippen LogP contribution in [0.25, 0.3) is 12.2 Å². The van der Waals surface area contributed by atoms with E-state index in [1.165, 1.54) is 7.11 Å². The Morgan fingerprint density at radius 2 is 1.17 bits per heavy atom. The molecule has 0 aliphatic carbocycles. The van der Waals surface area contributed by atoms with Gasteiger partial charge >= 0.3 is 0 Å². The number of rotatable bonds is 5. The monoisotopic (exact) mass is 646 g/mol. The highest BCUT2D eigenvalue weighted by Crippen LogP contribution is 2.33. The molecule has 4 N–H and O–H groups in total. The summed E-state index contributed by atoms with van der Waals surface area (Å²) in [6.07, 6.45) is 3.11. The van der Waals surface area contributed by atoms with Gasteiger partial charge in [-0.25, -0.2) is 0 Å². The van der Waals surface area contributed by atoms with Gasteiger partial charge in [-0.1, -0.05) is 54.6 Å². The fourth-order valence-corrected chi connectivity index (χ4v) is 4.61. The van der Waals surface area contributed by atoms with E-state index in [4.69, 9.17) is 14.2 Å². The summed E-state index contributed by atoms with van der Waals surface area (Å²) in [5.41, 5.74) is 2.04. The molecule has 48 heavy (non-hydrogen) atoms. The number of benzene rings is 4. The van der Waals surface area contributed by atoms with E-state index >= 15 is 0 Å². The van der Waals surface area contributed by atoms with Gasteiger partial charge in [-0.3, -0.25) is 19.2 Å². The molecule has 2 aliphatic rings. The number of carbonyl (C=O) groups is 4. The Hall–Kier alpha value is -6.20. The maximum absolute atomic E-state index is 13.3. The lowest BCUT2D eigenvalue weighted by molar-refractivity contribution is -0.118. The molecular weight excluding hydrogens is 612 g/mol. The van der Waals surface area contributed by atoms with Crippen LogP contribution in [0.15, 0.2) is 115 Å². The topological polar surface area (TPSA) is 144 Å². The van der Waals surface area contributed by atoms with Crippen LogP contribution < -0.4 is 30.7 Å². The van der Waals surface area contributed by atoms with Crippen LogP contribution in [0.4, 0.5) is 0 Å². The number of carbonyl (C=O) groups excluding carboxylic acids is 4. The second-order valence-corrected chi connectivity index (χ2v) is 10.5. The van der Waals surface area contributed by atoms with Gasteiger partial charge in [0, 0.05) is 24.2 Å². The average molecular weight is 647 g/mol. The first kappa shape index (κ1) is 33.2. The molecule has 11 nitrogen and oxygen atoms in total. The molecule has 2 aliphatic heterocycles. The minimum absolute atomic E-state index is 0.0126. The Morgan fingerprint density at radius 1 is 0.667 bits per heavy atom. The van der Waals surface area contributed by atoms with Gasteiger partial charge in [0.1, 0.15) is 17.1 Å². The van der Waals surface area contributed by atoms with Crippen molar-refractivity contribution in [3.05, 3.63) is 137 Å². The molecule has 0 aromatic heterocycles. The zero-order valence-electron chi connectivity index (χ0n) is 26.2. The van der Waals surface area contributed by atoms with E-state index < -0.39 is 23.6 Å². The lowest BCUT2D eigenvalue weighted by atomic mass is 10.1. The molecule has 4 aromatic rings. The first-order valence-electron chi connectivity index (χ1n) is 15.2. The van der Waals surface area contributed by atoms with Crippen LogP contribution in [-0.2, 0) is 14.3 Å². The Balaban J connectivity index is 1.45. The quantitative estimate of drug-likeness (QED) is 0.237. The van der Waals surface area contributed by atoms with Crippen molar-refractivity contribution < 1.29 is 33.4 Å². The molecule has 11 heteroatoms. The lowest BCUT2D eigenvalue weighted by Crippen LogP contribution is -2.37. The Kier molecular flexibility index (Phi) is 11.3.